The molecule has 1 aromatic heterocycles. The lowest BCUT2D eigenvalue weighted by Crippen LogP contribution is -2.23. The normalized spacial score (nSPS) is 16.0. The zero-order chi connectivity index (χ0) is 21.1. The fourth-order valence-corrected chi connectivity index (χ4v) is 6.53. The van der Waals surface area contributed by atoms with E-state index in [1.54, 1.807) is 35.7 Å². The minimum Gasteiger partial charge on any atom is -0.493 e. The third-order valence-corrected chi connectivity index (χ3v) is 8.19. The number of benzene rings is 2. The molecule has 156 valence electrons. The van der Waals surface area contributed by atoms with Crippen molar-refractivity contribution in [2.75, 3.05) is 11.9 Å². The molecule has 2 aromatic carbocycles. The Morgan fingerprint density at radius 1 is 1.10 bits per heavy atom. The summed E-state index contributed by atoms with van der Waals surface area (Å²) in [5, 5.41) is 4.44. The molecule has 1 N–H and O–H groups in total. The Bertz CT molecular complexity index is 1150. The number of fused-ring (bicyclic) bond motifs is 1. The van der Waals surface area contributed by atoms with Gasteiger partial charge in [-0.3, -0.25) is 4.79 Å². The standard InChI is InChI=1S/C23H23NO4S2/c1-2-3-13-28-19-12-8-7-11-17(19)18-14-21(25)24-22-20(15-29-23(18)22)30(26,27)16-9-5-4-6-10-16/h4-12,15,18H,2-3,13-14H2,1H3,(H,24,25)/t18-/m1/s1. The minimum atomic E-state index is -3.73. The number of carbonyl (C=O) groups is 1. The molecule has 1 amide bonds. The smallest absolute Gasteiger partial charge is 0.225 e. The zero-order valence-electron chi connectivity index (χ0n) is 16.6. The molecule has 4 rings (SSSR count). The van der Waals surface area contributed by atoms with Crippen molar-refractivity contribution >= 4 is 32.8 Å². The molecule has 7 heteroatoms. The number of anilines is 1. The first kappa shape index (κ1) is 20.6. The van der Waals surface area contributed by atoms with Crippen LogP contribution in [0.3, 0.4) is 0 Å². The monoisotopic (exact) mass is 441 g/mol. The van der Waals surface area contributed by atoms with E-state index in [4.69, 9.17) is 4.74 Å². The SMILES string of the molecule is CCCCOc1ccccc1[C@H]1CC(=O)Nc2c(S(=O)(=O)c3ccccc3)csc21. The molecule has 30 heavy (non-hydrogen) atoms. The van der Waals surface area contributed by atoms with Gasteiger partial charge in [-0.1, -0.05) is 49.7 Å². The van der Waals surface area contributed by atoms with Gasteiger partial charge in [0.1, 0.15) is 10.6 Å². The van der Waals surface area contributed by atoms with E-state index in [-0.39, 0.29) is 28.0 Å². The molecule has 0 saturated heterocycles. The molecule has 0 spiro atoms. The van der Waals surface area contributed by atoms with Crippen LogP contribution >= 0.6 is 11.3 Å². The molecule has 1 aliphatic rings. The second-order valence-corrected chi connectivity index (χ2v) is 10.0. The fraction of sp³-hybridized carbons (Fsp3) is 0.261. The largest absolute Gasteiger partial charge is 0.493 e. The van der Waals surface area contributed by atoms with Gasteiger partial charge >= 0.3 is 0 Å². The number of amides is 1. The number of carbonyl (C=O) groups excluding carboxylic acids is 1. The number of hydrogen-bond donors (Lipinski definition) is 1. The van der Waals surface area contributed by atoms with Crippen molar-refractivity contribution in [3.05, 3.63) is 70.4 Å². The van der Waals surface area contributed by atoms with Gasteiger partial charge in [0.05, 0.1) is 17.2 Å². The lowest BCUT2D eigenvalue weighted by molar-refractivity contribution is -0.116. The first-order valence-corrected chi connectivity index (χ1v) is 12.3. The Hall–Kier alpha value is -2.64. The summed E-state index contributed by atoms with van der Waals surface area (Å²) in [7, 11) is -3.73. The van der Waals surface area contributed by atoms with Crippen molar-refractivity contribution in [3.63, 3.8) is 0 Å². The third-order valence-electron chi connectivity index (χ3n) is 5.15. The molecule has 0 fully saturated rings. The molecule has 0 bridgehead atoms. The summed E-state index contributed by atoms with van der Waals surface area (Å²) in [6, 6.07) is 16.0. The lowest BCUT2D eigenvalue weighted by Gasteiger charge is -2.25. The number of sulfone groups is 1. The Labute approximate surface area is 180 Å². The number of ether oxygens (including phenoxy) is 1. The number of hydrogen-bond acceptors (Lipinski definition) is 5. The first-order valence-electron chi connectivity index (χ1n) is 9.95. The molecule has 0 unspecified atom stereocenters. The molecule has 2 heterocycles. The molecule has 1 atom stereocenters. The van der Waals surface area contributed by atoms with Gasteiger partial charge in [0.15, 0.2) is 0 Å². The highest BCUT2D eigenvalue weighted by Crippen LogP contribution is 2.47. The van der Waals surface area contributed by atoms with Gasteiger partial charge in [0.2, 0.25) is 15.7 Å². The summed E-state index contributed by atoms with van der Waals surface area (Å²) in [5.74, 6) is 0.313. The molecule has 0 aliphatic carbocycles. The summed E-state index contributed by atoms with van der Waals surface area (Å²) >= 11 is 1.37. The van der Waals surface area contributed by atoms with E-state index in [1.807, 2.05) is 24.3 Å². The number of rotatable bonds is 7. The number of thiophene rings is 1. The average Bonchev–Trinajstić information content (AvgIpc) is 3.19. The van der Waals surface area contributed by atoms with Crippen molar-refractivity contribution < 1.29 is 17.9 Å². The first-order chi connectivity index (χ1) is 14.5. The Morgan fingerprint density at radius 2 is 1.83 bits per heavy atom. The molecule has 0 radical (unpaired) electrons. The summed E-state index contributed by atoms with van der Waals surface area (Å²) in [6.45, 7) is 2.71. The van der Waals surface area contributed by atoms with Crippen LogP contribution in [0.4, 0.5) is 5.69 Å². The molecule has 3 aromatic rings. The Kier molecular flexibility index (Phi) is 5.92. The molecular weight excluding hydrogens is 418 g/mol. The third kappa shape index (κ3) is 3.87. The topological polar surface area (TPSA) is 72.5 Å². The summed E-state index contributed by atoms with van der Waals surface area (Å²) in [4.78, 5) is 13.8. The quantitative estimate of drug-likeness (QED) is 0.509. The van der Waals surface area contributed by atoms with E-state index < -0.39 is 9.84 Å². The minimum absolute atomic E-state index is 0.149. The Morgan fingerprint density at radius 3 is 2.60 bits per heavy atom. The van der Waals surface area contributed by atoms with Gasteiger partial charge in [0.25, 0.3) is 0 Å². The van der Waals surface area contributed by atoms with E-state index in [2.05, 4.69) is 12.2 Å². The van der Waals surface area contributed by atoms with Crippen LogP contribution in [0.1, 0.15) is 42.5 Å². The lowest BCUT2D eigenvalue weighted by atomic mass is 9.90. The maximum atomic E-state index is 13.2. The highest BCUT2D eigenvalue weighted by molar-refractivity contribution is 7.91. The summed E-state index contributed by atoms with van der Waals surface area (Å²) < 4.78 is 32.4. The maximum absolute atomic E-state index is 13.2. The van der Waals surface area contributed by atoms with Gasteiger partial charge in [-0.15, -0.1) is 11.3 Å². The second-order valence-electron chi connectivity index (χ2n) is 7.20. The second kappa shape index (κ2) is 8.62. The predicted molar refractivity (Wildman–Crippen MR) is 118 cm³/mol. The van der Waals surface area contributed by atoms with E-state index >= 15 is 0 Å². The molecule has 1 aliphatic heterocycles. The molecule has 5 nitrogen and oxygen atoms in total. The number of para-hydroxylation sites is 1. The fourth-order valence-electron chi connectivity index (χ4n) is 3.61. The Balaban J connectivity index is 1.76. The zero-order valence-corrected chi connectivity index (χ0v) is 18.3. The van der Waals surface area contributed by atoms with Crippen LogP contribution in [-0.2, 0) is 14.6 Å². The van der Waals surface area contributed by atoms with Crippen molar-refractivity contribution in [3.8, 4) is 5.75 Å². The highest BCUT2D eigenvalue weighted by Gasteiger charge is 2.35. The van der Waals surface area contributed by atoms with E-state index in [0.717, 1.165) is 29.0 Å². The van der Waals surface area contributed by atoms with Gasteiger partial charge in [-0.2, -0.15) is 0 Å². The van der Waals surface area contributed by atoms with Crippen molar-refractivity contribution in [1.82, 2.24) is 0 Å². The van der Waals surface area contributed by atoms with Crippen LogP contribution in [0.5, 0.6) is 5.75 Å². The van der Waals surface area contributed by atoms with Crippen molar-refractivity contribution in [1.29, 1.82) is 0 Å². The molecular formula is C23H23NO4S2. The van der Waals surface area contributed by atoms with Gasteiger partial charge < -0.3 is 10.1 Å². The summed E-state index contributed by atoms with van der Waals surface area (Å²) in [6.07, 6.45) is 2.24. The highest BCUT2D eigenvalue weighted by atomic mass is 32.2. The van der Waals surface area contributed by atoms with Crippen molar-refractivity contribution in [2.45, 2.75) is 41.9 Å². The van der Waals surface area contributed by atoms with Gasteiger partial charge in [-0.05, 0) is 24.6 Å². The van der Waals surface area contributed by atoms with E-state index in [1.165, 1.54) is 11.3 Å². The van der Waals surface area contributed by atoms with Crippen LogP contribution in [0.2, 0.25) is 0 Å². The number of nitrogens with one attached hydrogen (secondary N) is 1. The van der Waals surface area contributed by atoms with Crippen LogP contribution in [0.15, 0.2) is 69.8 Å². The van der Waals surface area contributed by atoms with E-state index in [9.17, 15) is 13.2 Å². The predicted octanol–water partition coefficient (Wildman–Crippen LogP) is 5.23. The van der Waals surface area contributed by atoms with Gasteiger partial charge in [-0.25, -0.2) is 8.42 Å². The van der Waals surface area contributed by atoms with Crippen molar-refractivity contribution in [2.24, 2.45) is 0 Å². The van der Waals surface area contributed by atoms with Crippen LogP contribution in [0, 0.1) is 0 Å². The summed E-state index contributed by atoms with van der Waals surface area (Å²) in [5.41, 5.74) is 1.31. The maximum Gasteiger partial charge on any atom is 0.225 e. The average molecular weight is 442 g/mol. The van der Waals surface area contributed by atoms with Crippen LogP contribution in [0.25, 0.3) is 0 Å². The van der Waals surface area contributed by atoms with E-state index in [0.29, 0.717) is 12.3 Å². The van der Waals surface area contributed by atoms with Crippen LogP contribution < -0.4 is 10.1 Å². The number of unbranched alkanes of at least 4 members (excludes halogenated alkanes) is 1. The molecule has 0 saturated carbocycles. The van der Waals surface area contributed by atoms with Crippen LogP contribution in [-0.4, -0.2) is 20.9 Å². The van der Waals surface area contributed by atoms with Gasteiger partial charge in [0, 0.05) is 28.2 Å².